The van der Waals surface area contributed by atoms with Crippen molar-refractivity contribution in [1.82, 2.24) is 0 Å². The van der Waals surface area contributed by atoms with E-state index in [1.54, 1.807) is 12.1 Å². The molecule has 1 unspecified atom stereocenters. The van der Waals surface area contributed by atoms with Crippen molar-refractivity contribution < 1.29 is 27.1 Å². The molecule has 0 fully saturated rings. The maximum absolute atomic E-state index is 15.5. The quantitative estimate of drug-likeness (QED) is 0.170. The van der Waals surface area contributed by atoms with E-state index >= 15 is 8.78 Å². The Kier molecular flexibility index (Phi) is 8.67. The number of fused-ring (bicyclic) bond motifs is 5. The molecule has 0 heterocycles. The zero-order valence-corrected chi connectivity index (χ0v) is 34.3. The average Bonchev–Trinajstić information content (AvgIpc) is 3.68. The van der Waals surface area contributed by atoms with E-state index in [-0.39, 0.29) is 47.8 Å². The molecule has 4 aliphatic carbocycles. The van der Waals surface area contributed by atoms with E-state index in [0.29, 0.717) is 0 Å². The van der Waals surface area contributed by atoms with Gasteiger partial charge in [-0.15, -0.1) is 24.8 Å². The number of hydrogen-bond donors (Lipinski definition) is 0. The van der Waals surface area contributed by atoms with Crippen LogP contribution in [0.15, 0.2) is 103 Å². The fraction of sp³-hybridized carbons (Fsp3) is 0.267. The fourth-order valence-corrected chi connectivity index (χ4v) is 29.9. The normalized spacial score (nSPS) is 19.4. The molecule has 4 aromatic rings. The van der Waals surface area contributed by atoms with Crippen LogP contribution >= 0.6 is 24.8 Å². The van der Waals surface area contributed by atoms with Crippen LogP contribution in [0.5, 0.6) is 0 Å². The molecule has 1 atom stereocenters. The Hall–Kier alpha value is -2.97. The third-order valence-corrected chi connectivity index (χ3v) is 30.0. The van der Waals surface area contributed by atoms with Crippen molar-refractivity contribution in [3.8, 4) is 11.1 Å². The molecule has 5 heteroatoms. The van der Waals surface area contributed by atoms with Crippen LogP contribution < -0.4 is 6.54 Å². The van der Waals surface area contributed by atoms with Gasteiger partial charge < -0.3 is 0 Å². The summed E-state index contributed by atoms with van der Waals surface area (Å²) in [4.78, 5) is 0. The zero-order valence-electron chi connectivity index (χ0n) is 30.2. The fourth-order valence-electron chi connectivity index (χ4n) is 10.7. The average molecular weight is 787 g/mol. The molecule has 50 heavy (non-hydrogen) atoms. The molecule has 0 spiro atoms. The first-order valence-corrected chi connectivity index (χ1v) is 23.9. The molecule has 0 aliphatic heterocycles. The molecule has 258 valence electrons. The first kappa shape index (κ1) is 36.8. The van der Waals surface area contributed by atoms with E-state index in [1.165, 1.54) is 79.9 Å². The first-order valence-electron chi connectivity index (χ1n) is 17.3. The van der Waals surface area contributed by atoms with Crippen LogP contribution in [0.4, 0.5) is 8.78 Å². The number of hydrogen-bond acceptors (Lipinski definition) is 0. The van der Waals surface area contributed by atoms with Gasteiger partial charge in [0.1, 0.15) is 0 Å². The Morgan fingerprint density at radius 3 is 1.78 bits per heavy atom. The van der Waals surface area contributed by atoms with E-state index in [2.05, 4.69) is 110 Å². The number of rotatable bonds is 4. The first-order chi connectivity index (χ1) is 22.6. The van der Waals surface area contributed by atoms with Crippen molar-refractivity contribution >= 4 is 46.7 Å². The Morgan fingerprint density at radius 2 is 1.26 bits per heavy atom. The van der Waals surface area contributed by atoms with Gasteiger partial charge in [0.25, 0.3) is 0 Å². The van der Waals surface area contributed by atoms with Crippen LogP contribution in [0, 0.1) is 17.6 Å². The molecule has 0 saturated carbocycles. The molecule has 0 saturated heterocycles. The van der Waals surface area contributed by atoms with Crippen molar-refractivity contribution in [3.05, 3.63) is 148 Å². The summed E-state index contributed by atoms with van der Waals surface area (Å²) < 4.78 is 40.8. The molecular weight excluding hydrogens is 741 g/mol. The predicted octanol–water partition coefficient (Wildman–Crippen LogP) is 11.3. The van der Waals surface area contributed by atoms with Gasteiger partial charge in [-0.05, 0) is 0 Å². The molecule has 0 N–H and O–H groups in total. The van der Waals surface area contributed by atoms with Crippen LogP contribution in [0.1, 0.15) is 88.8 Å². The summed E-state index contributed by atoms with van der Waals surface area (Å²) in [5, 5.41) is 0. The minimum absolute atomic E-state index is 0. The van der Waals surface area contributed by atoms with Gasteiger partial charge in [0.05, 0.1) is 0 Å². The SMILES string of the molecule is Cl.Cl.[CH2]=[Zr]([C]1=CC(C)=CC1C)([C]1=C(C)c2cc3c(cc2C1(C)C)Cc1cc2c(cc1-3)C(C)=CC2(C)C)([c]1cccc(F)c1)[c]1cccc(F)c1. The summed E-state index contributed by atoms with van der Waals surface area (Å²) in [6, 6.07) is 24.0. The molecule has 0 nitrogen and oxygen atoms in total. The molecule has 4 aliphatic rings. The Labute approximate surface area is 309 Å². The van der Waals surface area contributed by atoms with Gasteiger partial charge in [-0.1, -0.05) is 0 Å². The summed E-state index contributed by atoms with van der Waals surface area (Å²) >= 11 is -5.36. The van der Waals surface area contributed by atoms with E-state index in [1.807, 2.05) is 12.1 Å². The Bertz CT molecular complexity index is 2300. The van der Waals surface area contributed by atoms with Crippen LogP contribution in [0.3, 0.4) is 0 Å². The summed E-state index contributed by atoms with van der Waals surface area (Å²) in [6.07, 6.45) is 7.89. The van der Waals surface area contributed by atoms with Crippen molar-refractivity contribution in [2.75, 3.05) is 0 Å². The van der Waals surface area contributed by atoms with Gasteiger partial charge in [0, 0.05) is 0 Å². The van der Waals surface area contributed by atoms with Gasteiger partial charge >= 0.3 is 287 Å². The summed E-state index contributed by atoms with van der Waals surface area (Å²) in [6.45, 7) is 18.1. The van der Waals surface area contributed by atoms with Gasteiger partial charge in [0.2, 0.25) is 0 Å². The Morgan fingerprint density at radius 1 is 0.720 bits per heavy atom. The number of benzene rings is 4. The number of halogens is 4. The molecule has 4 aromatic carbocycles. The molecule has 0 radical (unpaired) electrons. The zero-order chi connectivity index (χ0) is 34.2. The van der Waals surface area contributed by atoms with Gasteiger partial charge in [-0.3, -0.25) is 0 Å². The van der Waals surface area contributed by atoms with E-state index in [9.17, 15) is 0 Å². The second-order valence-electron chi connectivity index (χ2n) is 16.2. The van der Waals surface area contributed by atoms with Gasteiger partial charge in [0.15, 0.2) is 0 Å². The summed E-state index contributed by atoms with van der Waals surface area (Å²) in [5.74, 6) is -0.490. The summed E-state index contributed by atoms with van der Waals surface area (Å²) in [7, 11) is 0. The molecule has 8 rings (SSSR count). The minimum atomic E-state index is -5.36. The van der Waals surface area contributed by atoms with Crippen molar-refractivity contribution in [1.29, 1.82) is 0 Å². The number of allylic oxidation sites excluding steroid dienone is 8. The van der Waals surface area contributed by atoms with E-state index in [0.717, 1.165) is 13.0 Å². The topological polar surface area (TPSA) is 0 Å². The molecule has 0 bridgehead atoms. The van der Waals surface area contributed by atoms with Gasteiger partial charge in [-0.2, -0.15) is 0 Å². The van der Waals surface area contributed by atoms with Gasteiger partial charge in [-0.25, -0.2) is 0 Å². The maximum atomic E-state index is 15.5. The Balaban J connectivity index is 0.00000216. The third-order valence-electron chi connectivity index (χ3n) is 12.4. The van der Waals surface area contributed by atoms with Crippen LogP contribution in [-0.2, 0) is 35.5 Å². The van der Waals surface area contributed by atoms with Crippen molar-refractivity contribution in [2.45, 2.75) is 72.6 Å². The molecule has 0 amide bonds. The van der Waals surface area contributed by atoms with Crippen LogP contribution in [0.25, 0.3) is 22.3 Å². The van der Waals surface area contributed by atoms with Crippen LogP contribution in [0.2, 0.25) is 0 Å². The van der Waals surface area contributed by atoms with Crippen LogP contribution in [-0.4, -0.2) is 4.21 Å². The van der Waals surface area contributed by atoms with Crippen molar-refractivity contribution in [2.24, 2.45) is 5.92 Å². The summed E-state index contributed by atoms with van der Waals surface area (Å²) in [5.41, 5.74) is 14.0. The molecular formula is C45H46Cl2F2Zr. The third kappa shape index (κ3) is 4.72. The second kappa shape index (κ2) is 11.8. The van der Waals surface area contributed by atoms with Crippen molar-refractivity contribution in [3.63, 3.8) is 0 Å². The second-order valence-corrected chi connectivity index (χ2v) is 28.9. The van der Waals surface area contributed by atoms with E-state index in [4.69, 9.17) is 4.21 Å². The monoisotopic (exact) mass is 784 g/mol. The standard InChI is InChI=1S/C25H25.C7H9.2C6H4F.CH2.2ClH.Zr/c1-14-12-24(3,4)22-8-16-7-17-9-23-19(15(2)13-25(23,5)6)11-21(17)20(16)10-18(14)22;1-6-3-4-7(2)5-6;2*7-6-4-2-1-3-5-6;;;;/h8-12H,7H2,1-6H3;3,5,7H,1-2H3;2*1-2,4-5H;1H2;2*1H;. The predicted molar refractivity (Wildman–Crippen MR) is 212 cm³/mol. The van der Waals surface area contributed by atoms with E-state index < -0.39 is 23.7 Å². The molecule has 0 aromatic heterocycles.